The molecule has 0 atom stereocenters. The van der Waals surface area contributed by atoms with Gasteiger partial charge in [0, 0.05) is 31.3 Å². The van der Waals surface area contributed by atoms with E-state index < -0.39 is 11.7 Å². The van der Waals surface area contributed by atoms with E-state index in [2.05, 4.69) is 35.7 Å². The molecule has 0 saturated heterocycles. The zero-order valence-corrected chi connectivity index (χ0v) is 17.1. The number of halogens is 1. The molecule has 0 bridgehead atoms. The number of aromatic nitrogens is 4. The monoisotopic (exact) mass is 422 g/mol. The summed E-state index contributed by atoms with van der Waals surface area (Å²) < 4.78 is 14.1. The van der Waals surface area contributed by atoms with Crippen LogP contribution in [0, 0.1) is 11.3 Å². The molecule has 2 aromatic heterocycles. The van der Waals surface area contributed by atoms with E-state index in [-0.39, 0.29) is 17.9 Å². The van der Waals surface area contributed by atoms with Gasteiger partial charge < -0.3 is 15.6 Å². The van der Waals surface area contributed by atoms with Crippen molar-refractivity contribution < 1.29 is 9.18 Å². The molecule has 1 aliphatic rings. The lowest BCUT2D eigenvalue weighted by atomic mass is 10.1. The predicted molar refractivity (Wildman–Crippen MR) is 113 cm³/mol. The minimum atomic E-state index is -0.480. The SMILES string of the molecule is CN/C=C(\N=N)c1cc(F)cc(CNC(=O)c2ncnc3nc(C4CCCC4)[nH]c23)c1. The normalized spacial score (nSPS) is 14.7. The van der Waals surface area contributed by atoms with Gasteiger partial charge >= 0.3 is 0 Å². The highest BCUT2D eigenvalue weighted by Crippen LogP contribution is 2.33. The molecule has 31 heavy (non-hydrogen) atoms. The van der Waals surface area contributed by atoms with Crippen LogP contribution in [0.1, 0.15) is 59.0 Å². The van der Waals surface area contributed by atoms with E-state index in [0.717, 1.165) is 18.7 Å². The molecule has 1 aliphatic carbocycles. The van der Waals surface area contributed by atoms with Gasteiger partial charge in [-0.1, -0.05) is 12.8 Å². The number of amides is 1. The Morgan fingerprint density at radius 3 is 2.87 bits per heavy atom. The summed E-state index contributed by atoms with van der Waals surface area (Å²) in [5, 5.41) is 8.96. The number of fused-ring (bicyclic) bond motifs is 1. The van der Waals surface area contributed by atoms with Gasteiger partial charge in [-0.25, -0.2) is 24.9 Å². The molecule has 1 fully saturated rings. The first-order valence-corrected chi connectivity index (χ1v) is 10.1. The third-order valence-corrected chi connectivity index (χ3v) is 5.37. The van der Waals surface area contributed by atoms with Crippen molar-refractivity contribution in [1.29, 1.82) is 5.53 Å². The number of nitrogens with one attached hydrogen (secondary N) is 4. The summed E-state index contributed by atoms with van der Waals surface area (Å²) in [5.41, 5.74) is 9.70. The fourth-order valence-electron chi connectivity index (χ4n) is 3.89. The van der Waals surface area contributed by atoms with Crippen molar-refractivity contribution in [3.05, 3.63) is 59.2 Å². The highest BCUT2D eigenvalue weighted by molar-refractivity contribution is 6.02. The lowest BCUT2D eigenvalue weighted by Crippen LogP contribution is -2.24. The van der Waals surface area contributed by atoms with E-state index in [1.807, 2.05) is 0 Å². The van der Waals surface area contributed by atoms with Gasteiger partial charge in [-0.05, 0) is 36.6 Å². The number of imidazole rings is 1. The van der Waals surface area contributed by atoms with Crippen LogP contribution in [0.15, 0.2) is 35.8 Å². The smallest absolute Gasteiger partial charge is 0.272 e. The van der Waals surface area contributed by atoms with Crippen molar-refractivity contribution in [2.75, 3.05) is 7.05 Å². The zero-order valence-electron chi connectivity index (χ0n) is 17.1. The van der Waals surface area contributed by atoms with Crippen LogP contribution in [-0.2, 0) is 6.54 Å². The highest BCUT2D eigenvalue weighted by atomic mass is 19.1. The Hall–Kier alpha value is -3.69. The molecule has 0 radical (unpaired) electrons. The summed E-state index contributed by atoms with van der Waals surface area (Å²) in [4.78, 5) is 28.9. The second kappa shape index (κ2) is 8.99. The van der Waals surface area contributed by atoms with Gasteiger partial charge in [0.1, 0.15) is 29.2 Å². The quantitative estimate of drug-likeness (QED) is 0.432. The third kappa shape index (κ3) is 4.42. The molecule has 1 amide bonds. The molecular formula is C21H23FN8O. The standard InChI is InChI=1S/C21H23FN8O/c1-24-10-16(30-23)14-6-12(7-15(22)8-14)9-25-21(31)18-17-20(27-11-26-18)29-19(28-17)13-4-2-3-5-13/h6-8,10-11,13,23-24H,2-5,9H2,1H3,(H,25,31)(H,26,27,28,29)/b16-10-,30-23?. The Kier molecular flexibility index (Phi) is 5.96. The average molecular weight is 422 g/mol. The molecule has 0 unspecified atom stereocenters. The van der Waals surface area contributed by atoms with Crippen LogP contribution in [-0.4, -0.2) is 32.9 Å². The molecule has 10 heteroatoms. The maximum absolute atomic E-state index is 14.1. The number of benzene rings is 1. The number of hydrogen-bond acceptors (Lipinski definition) is 7. The van der Waals surface area contributed by atoms with Crippen LogP contribution in [0.25, 0.3) is 16.9 Å². The van der Waals surface area contributed by atoms with E-state index in [4.69, 9.17) is 5.53 Å². The van der Waals surface area contributed by atoms with Crippen molar-refractivity contribution in [1.82, 2.24) is 30.6 Å². The van der Waals surface area contributed by atoms with Crippen LogP contribution < -0.4 is 10.6 Å². The summed E-state index contributed by atoms with van der Waals surface area (Å²) in [7, 11) is 1.67. The topological polar surface area (TPSA) is 132 Å². The summed E-state index contributed by atoms with van der Waals surface area (Å²) in [6.45, 7) is 0.0868. The highest BCUT2D eigenvalue weighted by Gasteiger charge is 2.23. The molecule has 1 saturated carbocycles. The molecule has 4 N–H and O–H groups in total. The summed E-state index contributed by atoms with van der Waals surface area (Å²) in [6.07, 6.45) is 7.32. The lowest BCUT2D eigenvalue weighted by molar-refractivity contribution is 0.0947. The van der Waals surface area contributed by atoms with Crippen LogP contribution in [0.2, 0.25) is 0 Å². The summed E-state index contributed by atoms with van der Waals surface area (Å²) in [5.74, 6) is 0.320. The number of nitrogens with zero attached hydrogens (tertiary/aromatic N) is 4. The second-order valence-corrected chi connectivity index (χ2v) is 7.49. The molecule has 2 heterocycles. The molecular weight excluding hydrogens is 399 g/mol. The van der Waals surface area contributed by atoms with Gasteiger partial charge in [0.15, 0.2) is 11.3 Å². The van der Waals surface area contributed by atoms with Crippen molar-refractivity contribution >= 4 is 22.8 Å². The number of H-pyrrole nitrogens is 1. The maximum Gasteiger partial charge on any atom is 0.272 e. The van der Waals surface area contributed by atoms with E-state index >= 15 is 0 Å². The molecule has 3 aromatic rings. The Morgan fingerprint density at radius 1 is 1.32 bits per heavy atom. The molecule has 1 aromatic carbocycles. The average Bonchev–Trinajstić information content (AvgIpc) is 3.44. The fraction of sp³-hybridized carbons (Fsp3) is 0.333. The van der Waals surface area contributed by atoms with Gasteiger partial charge in [0.25, 0.3) is 5.91 Å². The van der Waals surface area contributed by atoms with Crippen molar-refractivity contribution in [3.63, 3.8) is 0 Å². The largest absolute Gasteiger partial charge is 0.392 e. The Morgan fingerprint density at radius 2 is 2.13 bits per heavy atom. The third-order valence-electron chi connectivity index (χ3n) is 5.37. The fourth-order valence-corrected chi connectivity index (χ4v) is 3.89. The molecule has 0 spiro atoms. The van der Waals surface area contributed by atoms with Crippen molar-refractivity contribution in [3.8, 4) is 0 Å². The van der Waals surface area contributed by atoms with Crippen LogP contribution in [0.5, 0.6) is 0 Å². The van der Waals surface area contributed by atoms with Gasteiger partial charge in [-0.3, -0.25) is 4.79 Å². The molecule has 160 valence electrons. The Labute approximate surface area is 178 Å². The number of carbonyl (C=O) groups excluding carboxylic acids is 1. The second-order valence-electron chi connectivity index (χ2n) is 7.49. The van der Waals surface area contributed by atoms with Crippen LogP contribution in [0.4, 0.5) is 4.39 Å². The molecule has 4 rings (SSSR count). The van der Waals surface area contributed by atoms with Gasteiger partial charge in [-0.2, -0.15) is 5.11 Å². The summed E-state index contributed by atoms with van der Waals surface area (Å²) in [6, 6.07) is 4.29. The molecule has 9 nitrogen and oxygen atoms in total. The van der Waals surface area contributed by atoms with E-state index in [9.17, 15) is 9.18 Å². The first kappa shape index (κ1) is 20.6. The van der Waals surface area contributed by atoms with E-state index in [0.29, 0.717) is 28.2 Å². The number of aromatic amines is 1. The van der Waals surface area contributed by atoms with E-state index in [1.165, 1.54) is 37.5 Å². The zero-order chi connectivity index (χ0) is 21.8. The Balaban J connectivity index is 1.54. The Bertz CT molecular complexity index is 1150. The predicted octanol–water partition coefficient (Wildman–Crippen LogP) is 3.63. The first-order chi connectivity index (χ1) is 15.1. The first-order valence-electron chi connectivity index (χ1n) is 10.1. The van der Waals surface area contributed by atoms with Crippen LogP contribution in [0.3, 0.4) is 0 Å². The van der Waals surface area contributed by atoms with Crippen LogP contribution >= 0.6 is 0 Å². The maximum atomic E-state index is 14.1. The lowest BCUT2D eigenvalue weighted by Gasteiger charge is -2.08. The number of hydrogen-bond donors (Lipinski definition) is 4. The van der Waals surface area contributed by atoms with E-state index in [1.54, 1.807) is 13.1 Å². The molecule has 0 aliphatic heterocycles. The van der Waals surface area contributed by atoms with Gasteiger partial charge in [-0.15, -0.1) is 0 Å². The minimum Gasteiger partial charge on any atom is -0.392 e. The van der Waals surface area contributed by atoms with Gasteiger partial charge in [0.2, 0.25) is 0 Å². The minimum absolute atomic E-state index is 0.0868. The van der Waals surface area contributed by atoms with Gasteiger partial charge in [0.05, 0.1) is 0 Å². The number of rotatable bonds is 7. The van der Waals surface area contributed by atoms with Crippen molar-refractivity contribution in [2.24, 2.45) is 5.11 Å². The van der Waals surface area contributed by atoms with Crippen molar-refractivity contribution in [2.45, 2.75) is 38.1 Å². The summed E-state index contributed by atoms with van der Waals surface area (Å²) >= 11 is 0. The number of carbonyl (C=O) groups is 1.